The van der Waals surface area contributed by atoms with E-state index in [9.17, 15) is 9.36 Å². The van der Waals surface area contributed by atoms with E-state index in [1.807, 2.05) is 6.07 Å². The molecule has 27 heavy (non-hydrogen) atoms. The molecule has 0 aliphatic heterocycles. The van der Waals surface area contributed by atoms with Crippen LogP contribution in [0.5, 0.6) is 0 Å². The van der Waals surface area contributed by atoms with Crippen molar-refractivity contribution in [3.8, 4) is 0 Å². The van der Waals surface area contributed by atoms with E-state index in [0.717, 1.165) is 0 Å². The number of ether oxygens (including phenoxy) is 1. The number of hydrogen-bond donors (Lipinski definition) is 2. The molecule has 0 aliphatic rings. The van der Waals surface area contributed by atoms with E-state index < -0.39 is 8.25 Å². The quantitative estimate of drug-likeness (QED) is 0.442. The molecule has 0 bridgehead atoms. The molecule has 10 nitrogen and oxygen atoms in total. The second kappa shape index (κ2) is 8.74. The van der Waals surface area contributed by atoms with E-state index in [2.05, 4.69) is 24.8 Å². The maximum Gasteiger partial charge on any atom is 0.697 e. The monoisotopic (exact) mass is 390 g/mol. The van der Waals surface area contributed by atoms with Gasteiger partial charge in [0.2, 0.25) is 6.79 Å². The minimum Gasteiger partial charge on any atom is -0.346 e. The predicted molar refractivity (Wildman–Crippen MR) is 96.0 cm³/mol. The van der Waals surface area contributed by atoms with Crippen LogP contribution in [0.1, 0.15) is 17.3 Å². The van der Waals surface area contributed by atoms with Gasteiger partial charge in [-0.15, -0.1) is 4.89 Å². The van der Waals surface area contributed by atoms with Crippen LogP contribution in [0.2, 0.25) is 0 Å². The van der Waals surface area contributed by atoms with Gasteiger partial charge in [0.25, 0.3) is 5.91 Å². The lowest BCUT2D eigenvalue weighted by Crippen LogP contribution is -2.17. The van der Waals surface area contributed by atoms with Gasteiger partial charge in [-0.25, -0.2) is 15.0 Å². The summed E-state index contributed by atoms with van der Waals surface area (Å²) in [5.74, 6) is 0.0129. The van der Waals surface area contributed by atoms with Gasteiger partial charge >= 0.3 is 8.25 Å². The molecule has 0 aliphatic carbocycles. The Morgan fingerprint density at radius 3 is 2.81 bits per heavy atom. The fraction of sp³-hybridized carbons (Fsp3) is 0.250. The van der Waals surface area contributed by atoms with E-state index in [1.165, 1.54) is 6.33 Å². The van der Waals surface area contributed by atoms with Gasteiger partial charge in [-0.2, -0.15) is 0 Å². The molecule has 2 unspecified atom stereocenters. The Balaban J connectivity index is 1.72. The largest absolute Gasteiger partial charge is 0.697 e. The van der Waals surface area contributed by atoms with Crippen LogP contribution in [0.3, 0.4) is 0 Å². The normalized spacial score (nSPS) is 12.7. The number of rotatable bonds is 8. The van der Waals surface area contributed by atoms with Gasteiger partial charge in [0.15, 0.2) is 17.0 Å². The van der Waals surface area contributed by atoms with E-state index >= 15 is 0 Å². The molecule has 2 atom stereocenters. The average Bonchev–Trinajstić information content (AvgIpc) is 3.06. The standard InChI is InChI=1S/C16H16N5O5P/c1-11(25-10-26-27(23)24)7-21-9-19-13-14(17-8-18-15(13)21)20-16(22)12-5-3-2-4-6-12/h2-6,8-9,11H,7,10H2,1H3,(H-,17,18,20,22,23,24)/p+1. The van der Waals surface area contributed by atoms with Crippen LogP contribution in [0.15, 0.2) is 43.0 Å². The second-order valence-corrected chi connectivity index (χ2v) is 6.31. The van der Waals surface area contributed by atoms with Gasteiger partial charge in [-0.3, -0.25) is 4.79 Å². The average molecular weight is 390 g/mol. The lowest BCUT2D eigenvalue weighted by Gasteiger charge is -2.11. The lowest BCUT2D eigenvalue weighted by atomic mass is 10.2. The van der Waals surface area contributed by atoms with Crippen molar-refractivity contribution in [1.29, 1.82) is 0 Å². The van der Waals surface area contributed by atoms with Crippen LogP contribution < -0.4 is 5.32 Å². The van der Waals surface area contributed by atoms with E-state index in [-0.39, 0.29) is 18.8 Å². The summed E-state index contributed by atoms with van der Waals surface area (Å²) in [5.41, 5.74) is 1.48. The Hall–Kier alpha value is -2.78. The highest BCUT2D eigenvalue weighted by Crippen LogP contribution is 2.19. The maximum absolute atomic E-state index is 12.3. The van der Waals surface area contributed by atoms with Crippen molar-refractivity contribution in [2.45, 2.75) is 19.6 Å². The molecular formula is C16H17N5O5P+. The first kappa shape index (κ1) is 19.0. The molecule has 3 rings (SSSR count). The molecule has 0 saturated carbocycles. The summed E-state index contributed by atoms with van der Waals surface area (Å²) < 4.78 is 22.0. The molecule has 2 heterocycles. The summed E-state index contributed by atoms with van der Waals surface area (Å²) >= 11 is 0. The highest BCUT2D eigenvalue weighted by Gasteiger charge is 2.16. The molecule has 0 saturated heterocycles. The zero-order valence-electron chi connectivity index (χ0n) is 14.3. The Kier molecular flexibility index (Phi) is 6.15. The van der Waals surface area contributed by atoms with Gasteiger partial charge in [-0.05, 0) is 19.1 Å². The zero-order chi connectivity index (χ0) is 19.2. The molecular weight excluding hydrogens is 373 g/mol. The van der Waals surface area contributed by atoms with Crippen molar-refractivity contribution < 1.29 is 23.5 Å². The molecule has 0 fully saturated rings. The van der Waals surface area contributed by atoms with Crippen molar-refractivity contribution in [3.05, 3.63) is 48.5 Å². The van der Waals surface area contributed by atoms with E-state index in [0.29, 0.717) is 29.1 Å². The zero-order valence-corrected chi connectivity index (χ0v) is 15.2. The fourth-order valence-electron chi connectivity index (χ4n) is 2.40. The summed E-state index contributed by atoms with van der Waals surface area (Å²) in [6, 6.07) is 8.78. The smallest absolute Gasteiger partial charge is 0.346 e. The number of aromatic nitrogens is 4. The third kappa shape index (κ3) is 4.89. The van der Waals surface area contributed by atoms with Gasteiger partial charge in [0.1, 0.15) is 6.33 Å². The van der Waals surface area contributed by atoms with Gasteiger partial charge in [-0.1, -0.05) is 22.7 Å². The Morgan fingerprint density at radius 1 is 1.30 bits per heavy atom. The first-order valence-electron chi connectivity index (χ1n) is 7.97. The van der Waals surface area contributed by atoms with Gasteiger partial charge in [0, 0.05) is 10.1 Å². The number of hydrogen-bond acceptors (Lipinski definition) is 7. The summed E-state index contributed by atoms with van der Waals surface area (Å²) in [5, 5.41) is 2.74. The van der Waals surface area contributed by atoms with Crippen molar-refractivity contribution in [2.24, 2.45) is 0 Å². The fourth-order valence-corrected chi connectivity index (χ4v) is 2.55. The summed E-state index contributed by atoms with van der Waals surface area (Å²) in [4.78, 5) is 33.5. The first-order valence-corrected chi connectivity index (χ1v) is 9.10. The van der Waals surface area contributed by atoms with Crippen LogP contribution in [-0.2, 0) is 20.4 Å². The predicted octanol–water partition coefficient (Wildman–Crippen LogP) is 2.11. The van der Waals surface area contributed by atoms with Crippen LogP contribution in [-0.4, -0.2) is 43.2 Å². The molecule has 140 valence electrons. The highest BCUT2D eigenvalue weighted by molar-refractivity contribution is 7.32. The van der Waals surface area contributed by atoms with Crippen molar-refractivity contribution >= 4 is 31.1 Å². The number of benzene rings is 1. The number of amides is 1. The number of nitrogens with one attached hydrogen (secondary N) is 1. The number of fused-ring (bicyclic) bond motifs is 1. The van der Waals surface area contributed by atoms with E-state index in [1.54, 1.807) is 42.1 Å². The third-order valence-corrected chi connectivity index (χ3v) is 3.96. The minimum absolute atomic E-state index is 0.294. The first-order chi connectivity index (χ1) is 13.0. The molecule has 1 aromatic carbocycles. The molecule has 0 radical (unpaired) electrons. The SMILES string of the molecule is CC(Cn1cnc2c(NC(=O)c3ccccc3)ncnc21)OCO[P+](=O)O. The molecule has 1 amide bonds. The number of carbonyl (C=O) groups excluding carboxylic acids is 1. The number of anilines is 1. The maximum atomic E-state index is 12.3. The summed E-state index contributed by atoms with van der Waals surface area (Å²) in [7, 11) is -2.70. The van der Waals surface area contributed by atoms with Crippen LogP contribution >= 0.6 is 8.25 Å². The third-order valence-electron chi connectivity index (χ3n) is 3.64. The Labute approximate surface area is 155 Å². The van der Waals surface area contributed by atoms with E-state index in [4.69, 9.17) is 9.63 Å². The van der Waals surface area contributed by atoms with Gasteiger partial charge < -0.3 is 14.6 Å². The highest BCUT2D eigenvalue weighted by atomic mass is 31.1. The Morgan fingerprint density at radius 2 is 2.07 bits per heavy atom. The number of imidazole rings is 1. The van der Waals surface area contributed by atoms with Crippen LogP contribution in [0.4, 0.5) is 5.82 Å². The van der Waals surface area contributed by atoms with Crippen LogP contribution in [0, 0.1) is 0 Å². The topological polar surface area (TPSA) is 128 Å². The van der Waals surface area contributed by atoms with Crippen molar-refractivity contribution in [1.82, 2.24) is 19.5 Å². The number of carbonyl (C=O) groups is 1. The van der Waals surface area contributed by atoms with Crippen molar-refractivity contribution in [2.75, 3.05) is 12.1 Å². The van der Waals surface area contributed by atoms with Gasteiger partial charge in [0.05, 0.1) is 19.0 Å². The molecule has 2 aromatic heterocycles. The number of nitrogens with zero attached hydrogens (tertiary/aromatic N) is 4. The van der Waals surface area contributed by atoms with Crippen molar-refractivity contribution in [3.63, 3.8) is 0 Å². The second-order valence-electron chi connectivity index (χ2n) is 5.57. The lowest BCUT2D eigenvalue weighted by molar-refractivity contribution is -0.0346. The molecule has 11 heteroatoms. The summed E-state index contributed by atoms with van der Waals surface area (Å²) in [6.45, 7) is 1.86. The molecule has 0 spiro atoms. The van der Waals surface area contributed by atoms with Crippen LogP contribution in [0.25, 0.3) is 11.2 Å². The molecule has 3 aromatic rings. The molecule has 2 N–H and O–H groups in total. The Bertz CT molecular complexity index is 949. The summed E-state index contributed by atoms with van der Waals surface area (Å²) in [6.07, 6.45) is 2.58. The minimum atomic E-state index is -2.70.